The number of carbonyl (C=O) groups is 1. The van der Waals surface area contributed by atoms with Crippen LogP contribution in [0.2, 0.25) is 0 Å². The van der Waals surface area contributed by atoms with Gasteiger partial charge in [-0.25, -0.2) is 4.79 Å². The van der Waals surface area contributed by atoms with Crippen LogP contribution in [0.4, 0.5) is 4.79 Å². The summed E-state index contributed by atoms with van der Waals surface area (Å²) in [6.07, 6.45) is 0. The van der Waals surface area contributed by atoms with Gasteiger partial charge in [-0.2, -0.15) is 5.26 Å². The quantitative estimate of drug-likeness (QED) is 0.733. The molecule has 1 atom stereocenters. The molecule has 0 aliphatic rings. The maximum atomic E-state index is 10.6. The predicted molar refractivity (Wildman–Crippen MR) is 52.3 cm³/mol. The largest absolute Gasteiger partial charge is 0.352 e. The SMILES string of the molecule is Cc1ccc(C(C#N)NC(N)=O)cc1. The third-order valence-electron chi connectivity index (χ3n) is 1.83. The molecule has 0 bridgehead atoms. The van der Waals surface area contributed by atoms with Crippen molar-refractivity contribution in [1.29, 1.82) is 5.26 Å². The fourth-order valence-corrected chi connectivity index (χ4v) is 1.09. The Morgan fingerprint density at radius 1 is 1.50 bits per heavy atom. The van der Waals surface area contributed by atoms with Crippen molar-refractivity contribution in [3.05, 3.63) is 35.4 Å². The zero-order valence-electron chi connectivity index (χ0n) is 7.82. The second kappa shape index (κ2) is 4.28. The molecule has 4 nitrogen and oxygen atoms in total. The molecule has 14 heavy (non-hydrogen) atoms. The molecule has 0 saturated heterocycles. The normalized spacial score (nSPS) is 11.4. The number of hydrogen-bond acceptors (Lipinski definition) is 2. The maximum absolute atomic E-state index is 10.6. The minimum atomic E-state index is -0.697. The summed E-state index contributed by atoms with van der Waals surface area (Å²) in [6.45, 7) is 1.95. The van der Waals surface area contributed by atoms with Crippen LogP contribution in [-0.2, 0) is 0 Å². The number of urea groups is 1. The number of nitriles is 1. The summed E-state index contributed by atoms with van der Waals surface area (Å²) in [5, 5.41) is 11.1. The van der Waals surface area contributed by atoms with E-state index in [1.807, 2.05) is 25.1 Å². The number of primary amides is 1. The van der Waals surface area contributed by atoms with Gasteiger partial charge in [0, 0.05) is 0 Å². The van der Waals surface area contributed by atoms with E-state index in [-0.39, 0.29) is 0 Å². The minimum absolute atomic E-state index is 0.673. The van der Waals surface area contributed by atoms with Crippen molar-refractivity contribution >= 4 is 6.03 Å². The van der Waals surface area contributed by atoms with E-state index in [4.69, 9.17) is 11.0 Å². The maximum Gasteiger partial charge on any atom is 0.313 e. The summed E-state index contributed by atoms with van der Waals surface area (Å²) in [5.74, 6) is 0. The number of amides is 2. The fourth-order valence-electron chi connectivity index (χ4n) is 1.09. The molecule has 0 aliphatic heterocycles. The van der Waals surface area contributed by atoms with Crippen molar-refractivity contribution in [2.45, 2.75) is 13.0 Å². The first-order chi connectivity index (χ1) is 6.63. The van der Waals surface area contributed by atoms with Crippen molar-refractivity contribution < 1.29 is 4.79 Å². The first-order valence-corrected chi connectivity index (χ1v) is 4.15. The standard InChI is InChI=1S/C10H11N3O/c1-7-2-4-8(5-3-7)9(6-11)13-10(12)14/h2-5,9H,1H3,(H3,12,13,14). The number of rotatable bonds is 2. The number of benzene rings is 1. The molecule has 0 saturated carbocycles. The Morgan fingerprint density at radius 3 is 2.50 bits per heavy atom. The first-order valence-electron chi connectivity index (χ1n) is 4.15. The Morgan fingerprint density at radius 2 is 2.07 bits per heavy atom. The van der Waals surface area contributed by atoms with Crippen molar-refractivity contribution in [1.82, 2.24) is 5.32 Å². The Labute approximate surface area is 82.3 Å². The molecule has 3 N–H and O–H groups in total. The van der Waals surface area contributed by atoms with Gasteiger partial charge in [0.15, 0.2) is 0 Å². The van der Waals surface area contributed by atoms with Gasteiger partial charge >= 0.3 is 6.03 Å². The van der Waals surface area contributed by atoms with Crippen LogP contribution in [0.25, 0.3) is 0 Å². The van der Waals surface area contributed by atoms with Gasteiger partial charge in [-0.05, 0) is 12.5 Å². The van der Waals surface area contributed by atoms with Gasteiger partial charge in [-0.1, -0.05) is 29.8 Å². The molecular formula is C10H11N3O. The Bertz CT molecular complexity index is 364. The van der Waals surface area contributed by atoms with Crippen molar-refractivity contribution in [3.8, 4) is 6.07 Å². The second-order valence-electron chi connectivity index (χ2n) is 2.98. The zero-order valence-corrected chi connectivity index (χ0v) is 7.82. The number of aryl methyl sites for hydroxylation is 1. The average molecular weight is 189 g/mol. The minimum Gasteiger partial charge on any atom is -0.352 e. The van der Waals surface area contributed by atoms with Crippen LogP contribution >= 0.6 is 0 Å². The van der Waals surface area contributed by atoms with Crippen molar-refractivity contribution in [2.24, 2.45) is 5.73 Å². The van der Waals surface area contributed by atoms with Gasteiger partial charge in [0.25, 0.3) is 0 Å². The third kappa shape index (κ3) is 2.49. The zero-order chi connectivity index (χ0) is 10.6. The highest BCUT2D eigenvalue weighted by Gasteiger charge is 2.10. The van der Waals surface area contributed by atoms with Crippen LogP contribution in [0, 0.1) is 18.3 Å². The Balaban J connectivity index is 2.85. The lowest BCUT2D eigenvalue weighted by Gasteiger charge is -2.09. The summed E-state index contributed by atoms with van der Waals surface area (Å²) in [6, 6.07) is 7.92. The van der Waals surface area contributed by atoms with Gasteiger partial charge < -0.3 is 11.1 Å². The first kappa shape index (κ1) is 10.1. The molecule has 0 aliphatic carbocycles. The topological polar surface area (TPSA) is 78.9 Å². The van der Waals surface area contributed by atoms with E-state index < -0.39 is 12.1 Å². The molecule has 0 heterocycles. The monoisotopic (exact) mass is 189 g/mol. The number of nitrogens with one attached hydrogen (secondary N) is 1. The smallest absolute Gasteiger partial charge is 0.313 e. The molecular weight excluding hydrogens is 178 g/mol. The molecule has 72 valence electrons. The fraction of sp³-hybridized carbons (Fsp3) is 0.200. The van der Waals surface area contributed by atoms with Gasteiger partial charge in [0.2, 0.25) is 0 Å². The molecule has 0 spiro atoms. The van der Waals surface area contributed by atoms with Crippen LogP contribution in [0.1, 0.15) is 17.2 Å². The Hall–Kier alpha value is -2.02. The molecule has 1 aromatic rings. The lowest BCUT2D eigenvalue weighted by atomic mass is 10.1. The van der Waals surface area contributed by atoms with E-state index in [0.29, 0.717) is 0 Å². The Kier molecular flexibility index (Phi) is 3.08. The third-order valence-corrected chi connectivity index (χ3v) is 1.83. The number of nitrogens with two attached hydrogens (primary N) is 1. The van der Waals surface area contributed by atoms with E-state index in [1.165, 1.54) is 0 Å². The van der Waals surface area contributed by atoms with Gasteiger partial charge in [0.05, 0.1) is 6.07 Å². The lowest BCUT2D eigenvalue weighted by Crippen LogP contribution is -2.32. The van der Waals surface area contributed by atoms with Gasteiger partial charge in [-0.3, -0.25) is 0 Å². The molecule has 0 fully saturated rings. The number of carbonyl (C=O) groups excluding carboxylic acids is 1. The molecule has 1 aromatic carbocycles. The van der Waals surface area contributed by atoms with E-state index in [9.17, 15) is 4.79 Å². The summed E-state index contributed by atoms with van der Waals surface area (Å²) < 4.78 is 0. The predicted octanol–water partition coefficient (Wildman–Crippen LogP) is 1.23. The number of hydrogen-bond donors (Lipinski definition) is 2. The molecule has 4 heteroatoms. The molecule has 1 rings (SSSR count). The second-order valence-corrected chi connectivity index (χ2v) is 2.98. The highest BCUT2D eigenvalue weighted by atomic mass is 16.2. The molecule has 0 radical (unpaired) electrons. The summed E-state index contributed by atoms with van der Waals surface area (Å²) in [5.41, 5.74) is 6.77. The van der Waals surface area contributed by atoms with Crippen LogP contribution in [0.5, 0.6) is 0 Å². The van der Waals surface area contributed by atoms with Gasteiger partial charge in [-0.15, -0.1) is 0 Å². The lowest BCUT2D eigenvalue weighted by molar-refractivity contribution is 0.247. The van der Waals surface area contributed by atoms with Crippen LogP contribution in [0.15, 0.2) is 24.3 Å². The van der Waals surface area contributed by atoms with Crippen LogP contribution in [-0.4, -0.2) is 6.03 Å². The van der Waals surface area contributed by atoms with Crippen molar-refractivity contribution in [2.75, 3.05) is 0 Å². The van der Waals surface area contributed by atoms with E-state index in [2.05, 4.69) is 5.32 Å². The summed E-state index contributed by atoms with van der Waals surface area (Å²) >= 11 is 0. The highest BCUT2D eigenvalue weighted by molar-refractivity contribution is 5.72. The average Bonchev–Trinajstić information content (AvgIpc) is 2.15. The van der Waals surface area contributed by atoms with E-state index in [0.717, 1.165) is 11.1 Å². The van der Waals surface area contributed by atoms with E-state index in [1.54, 1.807) is 12.1 Å². The van der Waals surface area contributed by atoms with E-state index >= 15 is 0 Å². The highest BCUT2D eigenvalue weighted by Crippen LogP contribution is 2.12. The summed E-state index contributed by atoms with van der Waals surface area (Å²) in [7, 11) is 0. The van der Waals surface area contributed by atoms with Crippen LogP contribution in [0.3, 0.4) is 0 Å². The van der Waals surface area contributed by atoms with Gasteiger partial charge in [0.1, 0.15) is 6.04 Å². The molecule has 1 unspecified atom stereocenters. The molecule has 0 aromatic heterocycles. The van der Waals surface area contributed by atoms with Crippen LogP contribution < -0.4 is 11.1 Å². The number of nitrogens with zero attached hydrogens (tertiary/aromatic N) is 1. The molecule has 2 amide bonds. The summed E-state index contributed by atoms with van der Waals surface area (Å²) in [4.78, 5) is 10.6. The van der Waals surface area contributed by atoms with Crippen molar-refractivity contribution in [3.63, 3.8) is 0 Å².